The molecule has 8 nitrogen and oxygen atoms in total. The maximum atomic E-state index is 13.0. The molecule has 2 heterocycles. The van der Waals surface area contributed by atoms with Gasteiger partial charge in [-0.15, -0.1) is 0 Å². The molecule has 1 aromatic carbocycles. The van der Waals surface area contributed by atoms with E-state index in [9.17, 15) is 18.8 Å². The Labute approximate surface area is 186 Å². The van der Waals surface area contributed by atoms with E-state index in [1.165, 1.54) is 18.4 Å². The van der Waals surface area contributed by atoms with E-state index < -0.39 is 12.1 Å². The molecule has 1 aliphatic heterocycles. The second kappa shape index (κ2) is 11.3. The molecular formula is C23H29FN4O4. The third-order valence-electron chi connectivity index (χ3n) is 5.43. The lowest BCUT2D eigenvalue weighted by atomic mass is 10.0. The quantitative estimate of drug-likeness (QED) is 0.582. The number of urea groups is 1. The zero-order valence-corrected chi connectivity index (χ0v) is 18.1. The largest absolute Gasteiger partial charge is 0.459 e. The molecule has 1 aliphatic rings. The van der Waals surface area contributed by atoms with Crippen LogP contribution in [0.3, 0.4) is 0 Å². The molecule has 0 radical (unpaired) electrons. The van der Waals surface area contributed by atoms with E-state index >= 15 is 0 Å². The number of nitrogens with one attached hydrogen (secondary N) is 3. The lowest BCUT2D eigenvalue weighted by molar-refractivity contribution is -0.124. The number of nitrogens with zero attached hydrogens (tertiary/aromatic N) is 1. The average Bonchev–Trinajstić information content (AvgIpc) is 3.33. The average molecular weight is 445 g/mol. The van der Waals surface area contributed by atoms with Gasteiger partial charge < -0.3 is 25.3 Å². The van der Waals surface area contributed by atoms with Gasteiger partial charge in [-0.05, 0) is 49.1 Å². The zero-order chi connectivity index (χ0) is 22.9. The fraction of sp³-hybridized carbons (Fsp3) is 0.435. The van der Waals surface area contributed by atoms with Crippen molar-refractivity contribution in [2.75, 3.05) is 13.1 Å². The summed E-state index contributed by atoms with van der Waals surface area (Å²) in [7, 11) is 0. The number of amides is 4. The Morgan fingerprint density at radius 3 is 2.50 bits per heavy atom. The number of hydrogen-bond acceptors (Lipinski definition) is 4. The van der Waals surface area contributed by atoms with Crippen molar-refractivity contribution in [2.45, 2.75) is 51.2 Å². The first-order valence-electron chi connectivity index (χ1n) is 10.9. The summed E-state index contributed by atoms with van der Waals surface area (Å²) < 4.78 is 18.1. The molecule has 0 bridgehead atoms. The highest BCUT2D eigenvalue weighted by atomic mass is 19.1. The van der Waals surface area contributed by atoms with Crippen LogP contribution in [0.2, 0.25) is 0 Å². The van der Waals surface area contributed by atoms with Crippen molar-refractivity contribution in [1.29, 1.82) is 0 Å². The molecule has 1 fully saturated rings. The number of halogens is 1. The summed E-state index contributed by atoms with van der Waals surface area (Å²) in [4.78, 5) is 39.1. The van der Waals surface area contributed by atoms with E-state index in [1.807, 2.05) is 6.92 Å². The van der Waals surface area contributed by atoms with Gasteiger partial charge in [0.15, 0.2) is 5.76 Å². The number of furan rings is 1. The van der Waals surface area contributed by atoms with Gasteiger partial charge in [-0.3, -0.25) is 9.59 Å². The highest BCUT2D eigenvalue weighted by molar-refractivity contribution is 5.91. The summed E-state index contributed by atoms with van der Waals surface area (Å²) in [5.74, 6) is -0.414. The minimum absolute atomic E-state index is 0.0633. The van der Waals surface area contributed by atoms with Gasteiger partial charge in [0.2, 0.25) is 5.91 Å². The lowest BCUT2D eigenvalue weighted by Gasteiger charge is -2.32. The van der Waals surface area contributed by atoms with Gasteiger partial charge in [-0.25, -0.2) is 9.18 Å². The molecule has 1 aromatic heterocycles. The first kappa shape index (κ1) is 23.3. The van der Waals surface area contributed by atoms with E-state index in [4.69, 9.17) is 4.42 Å². The fourth-order valence-corrected chi connectivity index (χ4v) is 3.64. The van der Waals surface area contributed by atoms with Crippen molar-refractivity contribution in [3.63, 3.8) is 0 Å². The Morgan fingerprint density at radius 2 is 1.88 bits per heavy atom. The highest BCUT2D eigenvalue weighted by Crippen LogP contribution is 2.15. The van der Waals surface area contributed by atoms with Gasteiger partial charge in [0.1, 0.15) is 11.9 Å². The molecule has 0 aliphatic carbocycles. The van der Waals surface area contributed by atoms with E-state index in [0.29, 0.717) is 38.1 Å². The lowest BCUT2D eigenvalue weighted by Crippen LogP contribution is -2.54. The molecule has 0 spiro atoms. The summed E-state index contributed by atoms with van der Waals surface area (Å²) >= 11 is 0. The van der Waals surface area contributed by atoms with Crippen molar-refractivity contribution < 1.29 is 23.2 Å². The number of carbonyl (C=O) groups excluding carboxylic acids is 3. The van der Waals surface area contributed by atoms with Crippen LogP contribution in [0.4, 0.5) is 9.18 Å². The standard InChI is InChI=1S/C23H29FN4O4/c1-2-4-19(27-23(31)25-15-16-6-8-17(24)9-7-16)21(29)26-18-10-12-28(13-11-18)22(30)20-5-3-14-32-20/h3,5-9,14,18-19H,2,4,10-13,15H2,1H3,(H,26,29)(H2,25,27,31). The van der Waals surface area contributed by atoms with Crippen LogP contribution in [0.15, 0.2) is 47.1 Å². The van der Waals surface area contributed by atoms with Crippen LogP contribution in [0.5, 0.6) is 0 Å². The van der Waals surface area contributed by atoms with Crippen molar-refractivity contribution in [2.24, 2.45) is 0 Å². The second-order valence-corrected chi connectivity index (χ2v) is 7.85. The van der Waals surface area contributed by atoms with Crippen LogP contribution < -0.4 is 16.0 Å². The van der Waals surface area contributed by atoms with Crippen molar-refractivity contribution in [1.82, 2.24) is 20.9 Å². The van der Waals surface area contributed by atoms with Gasteiger partial charge >= 0.3 is 6.03 Å². The van der Waals surface area contributed by atoms with Crippen LogP contribution in [-0.2, 0) is 11.3 Å². The molecule has 1 atom stereocenters. The van der Waals surface area contributed by atoms with Gasteiger partial charge in [0.25, 0.3) is 5.91 Å². The third kappa shape index (κ3) is 6.57. The molecule has 3 rings (SSSR count). The van der Waals surface area contributed by atoms with Gasteiger partial charge in [-0.2, -0.15) is 0 Å². The Bertz CT molecular complexity index is 893. The molecule has 3 N–H and O–H groups in total. The Morgan fingerprint density at radius 1 is 1.16 bits per heavy atom. The molecule has 0 saturated carbocycles. The predicted molar refractivity (Wildman–Crippen MR) is 116 cm³/mol. The molecule has 1 unspecified atom stereocenters. The second-order valence-electron chi connectivity index (χ2n) is 7.85. The summed E-state index contributed by atoms with van der Waals surface area (Å²) in [5.41, 5.74) is 0.758. The number of carbonyl (C=O) groups is 3. The zero-order valence-electron chi connectivity index (χ0n) is 18.1. The van der Waals surface area contributed by atoms with Gasteiger partial charge in [0, 0.05) is 25.7 Å². The normalized spacial score (nSPS) is 15.1. The van der Waals surface area contributed by atoms with E-state index in [0.717, 1.165) is 12.0 Å². The Kier molecular flexibility index (Phi) is 8.24. The van der Waals surface area contributed by atoms with Crippen LogP contribution in [0.1, 0.15) is 48.7 Å². The smallest absolute Gasteiger partial charge is 0.315 e. The minimum atomic E-state index is -0.656. The SMILES string of the molecule is CCCC(NC(=O)NCc1ccc(F)cc1)C(=O)NC1CCN(C(=O)c2ccco2)CC1. The summed E-state index contributed by atoms with van der Waals surface area (Å²) in [6.07, 6.45) is 3.97. The molecule has 2 aromatic rings. The van der Waals surface area contributed by atoms with Crippen molar-refractivity contribution in [3.8, 4) is 0 Å². The summed E-state index contributed by atoms with van der Waals surface area (Å²) in [6.45, 7) is 3.22. The number of benzene rings is 1. The number of likely N-dealkylation sites (tertiary alicyclic amines) is 1. The highest BCUT2D eigenvalue weighted by Gasteiger charge is 2.28. The van der Waals surface area contributed by atoms with Crippen LogP contribution >= 0.6 is 0 Å². The maximum Gasteiger partial charge on any atom is 0.315 e. The predicted octanol–water partition coefficient (Wildman–Crippen LogP) is 2.81. The number of rotatable bonds is 8. The van der Waals surface area contributed by atoms with E-state index in [2.05, 4.69) is 16.0 Å². The van der Waals surface area contributed by atoms with Gasteiger partial charge in [-0.1, -0.05) is 25.5 Å². The number of hydrogen-bond donors (Lipinski definition) is 3. The van der Waals surface area contributed by atoms with Crippen molar-refractivity contribution >= 4 is 17.8 Å². The molecule has 4 amide bonds. The van der Waals surface area contributed by atoms with E-state index in [-0.39, 0.29) is 30.2 Å². The summed E-state index contributed by atoms with van der Waals surface area (Å²) in [5, 5.41) is 8.41. The van der Waals surface area contributed by atoms with Crippen LogP contribution in [-0.4, -0.2) is 47.9 Å². The maximum absolute atomic E-state index is 13.0. The first-order chi connectivity index (χ1) is 15.5. The molecular weight excluding hydrogens is 415 g/mol. The van der Waals surface area contributed by atoms with E-state index in [1.54, 1.807) is 29.2 Å². The first-order valence-corrected chi connectivity index (χ1v) is 10.9. The minimum Gasteiger partial charge on any atom is -0.459 e. The molecule has 32 heavy (non-hydrogen) atoms. The van der Waals surface area contributed by atoms with Gasteiger partial charge in [0.05, 0.1) is 6.26 Å². The number of piperidine rings is 1. The van der Waals surface area contributed by atoms with Crippen LogP contribution in [0, 0.1) is 5.82 Å². The third-order valence-corrected chi connectivity index (χ3v) is 5.43. The Hall–Kier alpha value is -3.36. The van der Waals surface area contributed by atoms with Crippen LogP contribution in [0.25, 0.3) is 0 Å². The van der Waals surface area contributed by atoms with Crippen molar-refractivity contribution in [3.05, 3.63) is 59.8 Å². The molecule has 9 heteroatoms. The summed E-state index contributed by atoms with van der Waals surface area (Å²) in [6, 6.07) is 7.98. The molecule has 1 saturated heterocycles. The topological polar surface area (TPSA) is 104 Å². The monoisotopic (exact) mass is 444 g/mol. The molecule has 172 valence electrons. The fourth-order valence-electron chi connectivity index (χ4n) is 3.64. The Balaban J connectivity index is 1.44.